The lowest BCUT2D eigenvalue weighted by Crippen LogP contribution is -2.23. The van der Waals surface area contributed by atoms with E-state index in [1.165, 1.54) is 0 Å². The lowest BCUT2D eigenvalue weighted by atomic mass is 10.1. The van der Waals surface area contributed by atoms with E-state index in [-0.39, 0.29) is 12.5 Å². The topological polar surface area (TPSA) is 47.6 Å². The van der Waals surface area contributed by atoms with Crippen LogP contribution in [0, 0.1) is 12.3 Å². The van der Waals surface area contributed by atoms with Crippen LogP contribution in [0.4, 0.5) is 0 Å². The standard InChI is InChI=1S/C14H17NO3/c1-4-10-15-13(16)9-8-11-6-5-7-12(17-2)14(11)18-3/h1,5-7H,8-10H2,2-3H3,(H,15,16). The van der Waals surface area contributed by atoms with Crippen molar-refractivity contribution in [1.82, 2.24) is 5.32 Å². The number of terminal acetylenes is 1. The first-order valence-corrected chi connectivity index (χ1v) is 5.63. The molecule has 1 N–H and O–H groups in total. The Balaban J connectivity index is 2.67. The molecule has 0 saturated carbocycles. The second-order valence-electron chi connectivity index (χ2n) is 3.63. The molecule has 0 saturated heterocycles. The zero-order valence-electron chi connectivity index (χ0n) is 10.7. The largest absolute Gasteiger partial charge is 0.493 e. The number of amides is 1. The summed E-state index contributed by atoms with van der Waals surface area (Å²) >= 11 is 0. The first kappa shape index (κ1) is 13.9. The van der Waals surface area contributed by atoms with Gasteiger partial charge >= 0.3 is 0 Å². The van der Waals surface area contributed by atoms with Gasteiger partial charge in [0.05, 0.1) is 20.8 Å². The zero-order valence-corrected chi connectivity index (χ0v) is 10.7. The quantitative estimate of drug-likeness (QED) is 0.773. The highest BCUT2D eigenvalue weighted by Crippen LogP contribution is 2.31. The lowest BCUT2D eigenvalue weighted by Gasteiger charge is -2.12. The van der Waals surface area contributed by atoms with Gasteiger partial charge in [-0.3, -0.25) is 4.79 Å². The number of para-hydroxylation sites is 1. The van der Waals surface area contributed by atoms with E-state index in [2.05, 4.69) is 11.2 Å². The van der Waals surface area contributed by atoms with Crippen LogP contribution in [0.25, 0.3) is 0 Å². The van der Waals surface area contributed by atoms with Gasteiger partial charge in [0, 0.05) is 6.42 Å². The van der Waals surface area contributed by atoms with Crippen LogP contribution in [-0.2, 0) is 11.2 Å². The maximum Gasteiger partial charge on any atom is 0.221 e. The number of hydrogen-bond donors (Lipinski definition) is 1. The van der Waals surface area contributed by atoms with Crippen molar-refractivity contribution in [3.05, 3.63) is 23.8 Å². The van der Waals surface area contributed by atoms with E-state index in [1.807, 2.05) is 18.2 Å². The summed E-state index contributed by atoms with van der Waals surface area (Å²) in [5.74, 6) is 3.63. The minimum atomic E-state index is -0.0715. The Morgan fingerprint density at radius 1 is 1.39 bits per heavy atom. The molecular formula is C14H17NO3. The number of carbonyl (C=O) groups excluding carboxylic acids is 1. The van der Waals surface area contributed by atoms with E-state index in [9.17, 15) is 4.79 Å². The van der Waals surface area contributed by atoms with Crippen molar-refractivity contribution in [3.63, 3.8) is 0 Å². The molecule has 0 aromatic heterocycles. The molecule has 1 aromatic carbocycles. The summed E-state index contributed by atoms with van der Waals surface area (Å²) in [6, 6.07) is 5.60. The molecule has 0 aliphatic carbocycles. The summed E-state index contributed by atoms with van der Waals surface area (Å²) in [7, 11) is 3.17. The molecule has 1 amide bonds. The van der Waals surface area contributed by atoms with Gasteiger partial charge in [-0.15, -0.1) is 6.42 Å². The molecule has 0 aliphatic rings. The fourth-order valence-electron chi connectivity index (χ4n) is 1.64. The van der Waals surface area contributed by atoms with Crippen LogP contribution in [0.2, 0.25) is 0 Å². The fourth-order valence-corrected chi connectivity index (χ4v) is 1.64. The highest BCUT2D eigenvalue weighted by Gasteiger charge is 2.10. The van der Waals surface area contributed by atoms with Gasteiger partial charge in [0.1, 0.15) is 0 Å². The summed E-state index contributed by atoms with van der Waals surface area (Å²) in [5.41, 5.74) is 0.938. The molecule has 0 spiro atoms. The minimum Gasteiger partial charge on any atom is -0.493 e. The first-order chi connectivity index (χ1) is 8.72. The van der Waals surface area contributed by atoms with Crippen LogP contribution in [0.1, 0.15) is 12.0 Å². The lowest BCUT2D eigenvalue weighted by molar-refractivity contribution is -0.120. The van der Waals surface area contributed by atoms with E-state index >= 15 is 0 Å². The van der Waals surface area contributed by atoms with Crippen LogP contribution in [0.15, 0.2) is 18.2 Å². The van der Waals surface area contributed by atoms with Crippen molar-refractivity contribution in [1.29, 1.82) is 0 Å². The molecule has 0 bridgehead atoms. The molecule has 96 valence electrons. The molecular weight excluding hydrogens is 230 g/mol. The zero-order chi connectivity index (χ0) is 13.4. The van der Waals surface area contributed by atoms with Crippen molar-refractivity contribution in [2.24, 2.45) is 0 Å². The Hall–Kier alpha value is -2.15. The third-order valence-electron chi connectivity index (χ3n) is 2.49. The molecule has 0 unspecified atom stereocenters. The number of aryl methyl sites for hydroxylation is 1. The second-order valence-corrected chi connectivity index (χ2v) is 3.63. The predicted molar refractivity (Wildman–Crippen MR) is 69.7 cm³/mol. The normalized spacial score (nSPS) is 9.39. The monoisotopic (exact) mass is 247 g/mol. The SMILES string of the molecule is C#CCNC(=O)CCc1cccc(OC)c1OC. The van der Waals surface area contributed by atoms with Gasteiger partial charge in [-0.2, -0.15) is 0 Å². The van der Waals surface area contributed by atoms with E-state index in [1.54, 1.807) is 14.2 Å². The maximum absolute atomic E-state index is 11.5. The Bertz CT molecular complexity index is 449. The number of benzene rings is 1. The molecule has 0 atom stereocenters. The minimum absolute atomic E-state index is 0.0715. The van der Waals surface area contributed by atoms with Crippen molar-refractivity contribution in [2.75, 3.05) is 20.8 Å². The van der Waals surface area contributed by atoms with E-state index in [4.69, 9.17) is 15.9 Å². The van der Waals surface area contributed by atoms with Crippen LogP contribution in [0.3, 0.4) is 0 Å². The first-order valence-electron chi connectivity index (χ1n) is 5.63. The Labute approximate surface area is 107 Å². The number of rotatable bonds is 6. The molecule has 18 heavy (non-hydrogen) atoms. The molecule has 1 aromatic rings. The third-order valence-corrected chi connectivity index (χ3v) is 2.49. The summed E-state index contributed by atoms with van der Waals surface area (Å²) < 4.78 is 10.5. The Morgan fingerprint density at radius 2 is 2.17 bits per heavy atom. The smallest absolute Gasteiger partial charge is 0.221 e. The highest BCUT2D eigenvalue weighted by atomic mass is 16.5. The second kappa shape index (κ2) is 7.23. The molecule has 0 radical (unpaired) electrons. The number of hydrogen-bond acceptors (Lipinski definition) is 3. The molecule has 0 fully saturated rings. The fraction of sp³-hybridized carbons (Fsp3) is 0.357. The van der Waals surface area contributed by atoms with E-state index in [0.29, 0.717) is 24.3 Å². The summed E-state index contributed by atoms with van der Waals surface area (Å²) in [6.45, 7) is 0.258. The number of nitrogens with one attached hydrogen (secondary N) is 1. The molecule has 0 aliphatic heterocycles. The molecule has 0 heterocycles. The van der Waals surface area contributed by atoms with Gasteiger partial charge in [0.25, 0.3) is 0 Å². The highest BCUT2D eigenvalue weighted by molar-refractivity contribution is 5.76. The maximum atomic E-state index is 11.5. The van der Waals surface area contributed by atoms with Crippen molar-refractivity contribution in [2.45, 2.75) is 12.8 Å². The summed E-state index contributed by atoms with van der Waals surface area (Å²) in [5, 5.41) is 2.62. The third kappa shape index (κ3) is 3.70. The summed E-state index contributed by atoms with van der Waals surface area (Å²) in [6.07, 6.45) is 6.01. The number of ether oxygens (including phenoxy) is 2. The van der Waals surface area contributed by atoms with Gasteiger partial charge < -0.3 is 14.8 Å². The van der Waals surface area contributed by atoms with Crippen molar-refractivity contribution >= 4 is 5.91 Å². The van der Waals surface area contributed by atoms with Crippen LogP contribution in [0.5, 0.6) is 11.5 Å². The van der Waals surface area contributed by atoms with Crippen molar-refractivity contribution in [3.8, 4) is 23.8 Å². The predicted octanol–water partition coefficient (Wildman–Crippen LogP) is 1.39. The Kier molecular flexibility index (Phi) is 5.59. The van der Waals surface area contributed by atoms with Crippen LogP contribution >= 0.6 is 0 Å². The van der Waals surface area contributed by atoms with Gasteiger partial charge in [-0.1, -0.05) is 18.1 Å². The Morgan fingerprint density at radius 3 is 2.78 bits per heavy atom. The van der Waals surface area contributed by atoms with E-state index < -0.39 is 0 Å². The van der Waals surface area contributed by atoms with Crippen molar-refractivity contribution < 1.29 is 14.3 Å². The van der Waals surface area contributed by atoms with E-state index in [0.717, 1.165) is 5.56 Å². The molecule has 1 rings (SSSR count). The average molecular weight is 247 g/mol. The summed E-state index contributed by atoms with van der Waals surface area (Å²) in [4.78, 5) is 11.5. The molecule has 4 heteroatoms. The van der Waals surface area contributed by atoms with Crippen LogP contribution in [-0.4, -0.2) is 26.7 Å². The average Bonchev–Trinajstić information content (AvgIpc) is 2.41. The van der Waals surface area contributed by atoms with Gasteiger partial charge in [-0.25, -0.2) is 0 Å². The van der Waals surface area contributed by atoms with Gasteiger partial charge in [-0.05, 0) is 18.1 Å². The van der Waals surface area contributed by atoms with Gasteiger partial charge in [0.2, 0.25) is 5.91 Å². The number of methoxy groups -OCH3 is 2. The number of carbonyl (C=O) groups is 1. The molecule has 4 nitrogen and oxygen atoms in total. The van der Waals surface area contributed by atoms with Crippen LogP contribution < -0.4 is 14.8 Å². The van der Waals surface area contributed by atoms with Gasteiger partial charge in [0.15, 0.2) is 11.5 Å².